The summed E-state index contributed by atoms with van der Waals surface area (Å²) in [5.41, 5.74) is 0. The first kappa shape index (κ1) is 6.66. The highest BCUT2D eigenvalue weighted by atomic mass is 14.9. The molecule has 3 atom stereocenters. The van der Waals surface area contributed by atoms with Gasteiger partial charge in [-0.1, -0.05) is 13.3 Å². The maximum atomic E-state index is 3.59. The third kappa shape index (κ3) is 1.20. The predicted molar refractivity (Wildman–Crippen MR) is 42.9 cm³/mol. The Morgan fingerprint density at radius 1 is 1.20 bits per heavy atom. The predicted octanol–water partition coefficient (Wildman–Crippen LogP) is 1.78. The van der Waals surface area contributed by atoms with Gasteiger partial charge in [-0.3, -0.25) is 0 Å². The Kier molecular flexibility index (Phi) is 1.69. The van der Waals surface area contributed by atoms with E-state index in [-0.39, 0.29) is 0 Å². The molecule has 0 amide bonds. The quantitative estimate of drug-likeness (QED) is 0.539. The minimum atomic E-state index is 0.877. The molecule has 1 aliphatic heterocycles. The Hall–Kier alpha value is -0.0400. The van der Waals surface area contributed by atoms with Gasteiger partial charge in [0.15, 0.2) is 0 Å². The first-order valence-corrected chi connectivity index (χ1v) is 4.58. The fraction of sp³-hybridized carbons (Fsp3) is 1.00. The Morgan fingerprint density at radius 2 is 2.10 bits per heavy atom. The summed E-state index contributed by atoms with van der Waals surface area (Å²) in [6, 6.07) is 0.877. The van der Waals surface area contributed by atoms with Crippen LogP contribution in [0, 0.1) is 11.8 Å². The lowest BCUT2D eigenvalue weighted by Crippen LogP contribution is -2.24. The Labute approximate surface area is 63.2 Å². The van der Waals surface area contributed by atoms with Gasteiger partial charge >= 0.3 is 0 Å². The van der Waals surface area contributed by atoms with E-state index in [2.05, 4.69) is 12.2 Å². The number of nitrogens with one attached hydrogen (secondary N) is 1. The molecule has 10 heavy (non-hydrogen) atoms. The van der Waals surface area contributed by atoms with Crippen LogP contribution in [0.1, 0.15) is 32.6 Å². The van der Waals surface area contributed by atoms with E-state index < -0.39 is 0 Å². The molecule has 1 heterocycles. The highest BCUT2D eigenvalue weighted by Gasteiger charge is 2.28. The SMILES string of the molecule is CC1CCC2CN[C@@H](C1)C2. The average Bonchev–Trinajstić information content (AvgIpc) is 2.22. The molecule has 0 aromatic heterocycles. The molecular weight excluding hydrogens is 122 g/mol. The molecule has 2 bridgehead atoms. The summed E-state index contributed by atoms with van der Waals surface area (Å²) >= 11 is 0. The van der Waals surface area contributed by atoms with Crippen molar-refractivity contribution in [3.8, 4) is 0 Å². The second-order valence-electron chi connectivity index (χ2n) is 4.13. The van der Waals surface area contributed by atoms with Crippen LogP contribution in [0.2, 0.25) is 0 Å². The van der Waals surface area contributed by atoms with Crippen LogP contribution in [0.4, 0.5) is 0 Å². The Morgan fingerprint density at radius 3 is 3.00 bits per heavy atom. The molecule has 2 unspecified atom stereocenters. The Balaban J connectivity index is 1.99. The zero-order chi connectivity index (χ0) is 6.97. The van der Waals surface area contributed by atoms with Gasteiger partial charge in [-0.25, -0.2) is 0 Å². The molecule has 1 nitrogen and oxygen atoms in total. The summed E-state index contributed by atoms with van der Waals surface area (Å²) in [5.74, 6) is 2.00. The van der Waals surface area contributed by atoms with Crippen LogP contribution in [0.15, 0.2) is 0 Å². The summed E-state index contributed by atoms with van der Waals surface area (Å²) < 4.78 is 0. The van der Waals surface area contributed by atoms with Gasteiger partial charge in [-0.2, -0.15) is 0 Å². The van der Waals surface area contributed by atoms with Gasteiger partial charge in [0.05, 0.1) is 0 Å². The van der Waals surface area contributed by atoms with Gasteiger partial charge in [0.2, 0.25) is 0 Å². The highest BCUT2D eigenvalue weighted by Crippen LogP contribution is 2.30. The highest BCUT2D eigenvalue weighted by molar-refractivity contribution is 4.86. The zero-order valence-corrected chi connectivity index (χ0v) is 6.77. The summed E-state index contributed by atoms with van der Waals surface area (Å²) in [5, 5.41) is 3.59. The van der Waals surface area contributed by atoms with E-state index in [4.69, 9.17) is 0 Å². The molecule has 58 valence electrons. The molecule has 1 aliphatic carbocycles. The minimum absolute atomic E-state index is 0.877. The lowest BCUT2D eigenvalue weighted by atomic mass is 9.99. The maximum Gasteiger partial charge on any atom is 0.00728 e. The monoisotopic (exact) mass is 139 g/mol. The fourth-order valence-electron chi connectivity index (χ4n) is 2.43. The van der Waals surface area contributed by atoms with Crippen molar-refractivity contribution in [1.29, 1.82) is 0 Å². The fourth-order valence-corrected chi connectivity index (χ4v) is 2.43. The summed E-state index contributed by atoms with van der Waals surface area (Å²) in [7, 11) is 0. The second-order valence-corrected chi connectivity index (χ2v) is 4.13. The molecular formula is C9H17N. The van der Waals surface area contributed by atoms with Crippen molar-refractivity contribution in [2.75, 3.05) is 6.54 Å². The second kappa shape index (κ2) is 2.54. The summed E-state index contributed by atoms with van der Waals surface area (Å²) in [6.07, 6.45) is 5.84. The lowest BCUT2D eigenvalue weighted by Gasteiger charge is -2.15. The van der Waals surface area contributed by atoms with Gasteiger partial charge in [-0.15, -0.1) is 0 Å². The van der Waals surface area contributed by atoms with Gasteiger partial charge < -0.3 is 5.32 Å². The third-order valence-electron chi connectivity index (χ3n) is 3.07. The molecule has 0 radical (unpaired) electrons. The molecule has 1 saturated carbocycles. The van der Waals surface area contributed by atoms with Crippen LogP contribution in [-0.2, 0) is 0 Å². The molecule has 1 N–H and O–H groups in total. The van der Waals surface area contributed by atoms with E-state index >= 15 is 0 Å². The van der Waals surface area contributed by atoms with E-state index in [1.807, 2.05) is 0 Å². The van der Waals surface area contributed by atoms with Crippen molar-refractivity contribution in [1.82, 2.24) is 5.32 Å². The molecule has 2 rings (SSSR count). The Bertz CT molecular complexity index is 122. The zero-order valence-electron chi connectivity index (χ0n) is 6.77. The molecule has 0 spiro atoms. The third-order valence-corrected chi connectivity index (χ3v) is 3.07. The number of rotatable bonds is 0. The van der Waals surface area contributed by atoms with E-state index in [1.54, 1.807) is 0 Å². The molecule has 2 aliphatic rings. The van der Waals surface area contributed by atoms with E-state index in [1.165, 1.54) is 32.2 Å². The van der Waals surface area contributed by atoms with Crippen LogP contribution in [0.3, 0.4) is 0 Å². The van der Waals surface area contributed by atoms with Crippen molar-refractivity contribution in [3.05, 3.63) is 0 Å². The summed E-state index contributed by atoms with van der Waals surface area (Å²) in [4.78, 5) is 0. The first-order valence-electron chi connectivity index (χ1n) is 4.58. The van der Waals surface area contributed by atoms with Crippen LogP contribution in [0.25, 0.3) is 0 Å². The van der Waals surface area contributed by atoms with Crippen molar-refractivity contribution in [2.45, 2.75) is 38.6 Å². The van der Waals surface area contributed by atoms with Gasteiger partial charge in [0.1, 0.15) is 0 Å². The largest absolute Gasteiger partial charge is 0.314 e. The minimum Gasteiger partial charge on any atom is -0.314 e. The number of fused-ring (bicyclic) bond motifs is 2. The smallest absolute Gasteiger partial charge is 0.00728 e. The van der Waals surface area contributed by atoms with Crippen LogP contribution in [0.5, 0.6) is 0 Å². The van der Waals surface area contributed by atoms with E-state index in [0.29, 0.717) is 0 Å². The van der Waals surface area contributed by atoms with Crippen LogP contribution < -0.4 is 5.32 Å². The van der Waals surface area contributed by atoms with Gasteiger partial charge in [-0.05, 0) is 37.6 Å². The van der Waals surface area contributed by atoms with E-state index in [0.717, 1.165) is 17.9 Å². The number of hydrogen-bond donors (Lipinski definition) is 1. The molecule has 1 heteroatoms. The topological polar surface area (TPSA) is 12.0 Å². The molecule has 0 aromatic carbocycles. The van der Waals surface area contributed by atoms with Crippen molar-refractivity contribution >= 4 is 0 Å². The van der Waals surface area contributed by atoms with Crippen molar-refractivity contribution in [2.24, 2.45) is 11.8 Å². The standard InChI is InChI=1S/C9H17N/c1-7-2-3-8-5-9(4-7)10-6-8/h7-10H,2-6H2,1H3/t7?,8?,9-/m0/s1. The first-order chi connectivity index (χ1) is 4.84. The van der Waals surface area contributed by atoms with E-state index in [9.17, 15) is 0 Å². The molecule has 0 aromatic rings. The maximum absolute atomic E-state index is 3.59. The lowest BCUT2D eigenvalue weighted by molar-refractivity contribution is 0.408. The normalized spacial score (nSPS) is 47.1. The molecule has 1 saturated heterocycles. The van der Waals surface area contributed by atoms with Crippen LogP contribution in [-0.4, -0.2) is 12.6 Å². The van der Waals surface area contributed by atoms with Gasteiger partial charge in [0.25, 0.3) is 0 Å². The average molecular weight is 139 g/mol. The van der Waals surface area contributed by atoms with Crippen LogP contribution >= 0.6 is 0 Å². The van der Waals surface area contributed by atoms with Crippen molar-refractivity contribution in [3.63, 3.8) is 0 Å². The number of hydrogen-bond acceptors (Lipinski definition) is 1. The molecule has 2 fully saturated rings. The van der Waals surface area contributed by atoms with Gasteiger partial charge in [0, 0.05) is 6.04 Å². The van der Waals surface area contributed by atoms with Crippen molar-refractivity contribution < 1.29 is 0 Å². The summed E-state index contributed by atoms with van der Waals surface area (Å²) in [6.45, 7) is 3.69.